The lowest BCUT2D eigenvalue weighted by Crippen LogP contribution is -2.54. The van der Waals surface area contributed by atoms with Gasteiger partial charge in [-0.1, -0.05) is 38.2 Å². The maximum atomic E-state index is 13.7. The predicted molar refractivity (Wildman–Crippen MR) is 118 cm³/mol. The first kappa shape index (κ1) is 20.6. The van der Waals surface area contributed by atoms with Crippen molar-refractivity contribution >= 4 is 11.6 Å². The highest BCUT2D eigenvalue weighted by Crippen LogP contribution is 2.24. The quantitative estimate of drug-likeness (QED) is 0.597. The molecule has 3 N–H and O–H groups in total. The predicted octanol–water partition coefficient (Wildman–Crippen LogP) is 3.81. The van der Waals surface area contributed by atoms with Gasteiger partial charge in [-0.2, -0.15) is 0 Å². The van der Waals surface area contributed by atoms with Gasteiger partial charge in [0, 0.05) is 44.0 Å². The molecule has 160 valence electrons. The van der Waals surface area contributed by atoms with E-state index in [0.29, 0.717) is 0 Å². The first-order valence-corrected chi connectivity index (χ1v) is 11.5. The molecule has 0 spiro atoms. The summed E-state index contributed by atoms with van der Waals surface area (Å²) in [6.45, 7) is 4.07. The van der Waals surface area contributed by atoms with E-state index < -0.39 is 0 Å². The third kappa shape index (κ3) is 5.48. The highest BCUT2D eigenvalue weighted by atomic mass is 19.1. The molecule has 2 aliphatic carbocycles. The average Bonchev–Trinajstić information content (AvgIpc) is 2.76. The summed E-state index contributed by atoms with van der Waals surface area (Å²) in [5, 5.41) is 3.41. The number of hydrogen-bond acceptors (Lipinski definition) is 3. The van der Waals surface area contributed by atoms with Crippen molar-refractivity contribution in [2.75, 3.05) is 31.5 Å². The molecule has 3 aliphatic rings. The van der Waals surface area contributed by atoms with E-state index in [0.717, 1.165) is 56.7 Å². The van der Waals surface area contributed by atoms with E-state index in [9.17, 15) is 4.39 Å². The molecule has 6 heteroatoms. The zero-order chi connectivity index (χ0) is 20.1. The summed E-state index contributed by atoms with van der Waals surface area (Å²) < 4.78 is 13.7. The molecule has 2 atom stereocenters. The Hall–Kier alpha value is -1.66. The molecule has 1 aromatic rings. The number of halogens is 1. The minimum Gasteiger partial charge on any atom is -0.340 e. The van der Waals surface area contributed by atoms with E-state index in [1.54, 1.807) is 6.07 Å². The highest BCUT2D eigenvalue weighted by Gasteiger charge is 2.28. The smallest absolute Gasteiger partial charge is 0.198 e. The van der Waals surface area contributed by atoms with Gasteiger partial charge in [-0.3, -0.25) is 4.90 Å². The number of rotatable bonds is 3. The van der Waals surface area contributed by atoms with Crippen LogP contribution in [0.1, 0.15) is 57.8 Å². The van der Waals surface area contributed by atoms with Crippen LogP contribution in [0.5, 0.6) is 0 Å². The molecule has 3 fully saturated rings. The van der Waals surface area contributed by atoms with Crippen molar-refractivity contribution in [3.63, 3.8) is 0 Å². The molecule has 29 heavy (non-hydrogen) atoms. The number of piperazine rings is 1. The molecule has 1 saturated heterocycles. The van der Waals surface area contributed by atoms with Crippen molar-refractivity contribution in [2.24, 2.45) is 10.7 Å². The van der Waals surface area contributed by atoms with Gasteiger partial charge in [0.2, 0.25) is 0 Å². The van der Waals surface area contributed by atoms with Crippen LogP contribution < -0.4 is 11.1 Å². The van der Waals surface area contributed by atoms with E-state index in [1.807, 2.05) is 6.07 Å². The standard InChI is InChI=1S/C23H36FN5/c24-18-7-6-8-19(17-18)26-23(27-22-12-5-4-11-21(22)25)29-15-13-28(14-16-29)20-9-2-1-3-10-20/h6-8,17,20-22H,1-5,9-16,25H2,(H,26,27)/t21-,22-/m0/s1. The Labute approximate surface area is 174 Å². The van der Waals surface area contributed by atoms with Gasteiger partial charge in [-0.25, -0.2) is 9.38 Å². The number of nitrogens with zero attached hydrogens (tertiary/aromatic N) is 3. The lowest BCUT2D eigenvalue weighted by Gasteiger charge is -2.42. The van der Waals surface area contributed by atoms with Crippen molar-refractivity contribution in [2.45, 2.75) is 75.9 Å². The van der Waals surface area contributed by atoms with E-state index in [2.05, 4.69) is 15.1 Å². The summed E-state index contributed by atoms with van der Waals surface area (Å²) in [6.07, 6.45) is 11.3. The molecular weight excluding hydrogens is 365 g/mol. The summed E-state index contributed by atoms with van der Waals surface area (Å²) in [5.74, 6) is 0.632. The highest BCUT2D eigenvalue weighted by molar-refractivity contribution is 5.94. The van der Waals surface area contributed by atoms with Gasteiger partial charge in [0.05, 0.1) is 6.04 Å². The minimum absolute atomic E-state index is 0.122. The second kappa shape index (κ2) is 9.90. The summed E-state index contributed by atoms with van der Waals surface area (Å²) >= 11 is 0. The van der Waals surface area contributed by atoms with E-state index >= 15 is 0 Å². The van der Waals surface area contributed by atoms with Gasteiger partial charge in [0.15, 0.2) is 5.96 Å². The monoisotopic (exact) mass is 401 g/mol. The molecular formula is C23H36FN5. The first-order chi connectivity index (χ1) is 14.2. The van der Waals surface area contributed by atoms with Crippen molar-refractivity contribution in [3.8, 4) is 0 Å². The van der Waals surface area contributed by atoms with Gasteiger partial charge in [-0.15, -0.1) is 0 Å². The van der Waals surface area contributed by atoms with Crippen molar-refractivity contribution < 1.29 is 4.39 Å². The number of guanidine groups is 1. The Balaban J connectivity index is 1.46. The summed E-state index contributed by atoms with van der Waals surface area (Å²) in [6, 6.07) is 7.68. The van der Waals surface area contributed by atoms with Crippen LogP contribution in [-0.4, -0.2) is 60.1 Å². The number of benzene rings is 1. The second-order valence-electron chi connectivity index (χ2n) is 8.92. The van der Waals surface area contributed by atoms with Gasteiger partial charge < -0.3 is 16.0 Å². The molecule has 0 unspecified atom stereocenters. The fourth-order valence-electron chi connectivity index (χ4n) is 5.09. The van der Waals surface area contributed by atoms with E-state index in [1.165, 1.54) is 57.1 Å². The van der Waals surface area contributed by atoms with Gasteiger partial charge in [0.25, 0.3) is 0 Å². The number of hydrogen-bond donors (Lipinski definition) is 2. The zero-order valence-electron chi connectivity index (χ0n) is 17.5. The third-order valence-electron chi connectivity index (χ3n) is 6.86. The lowest BCUT2D eigenvalue weighted by atomic mass is 9.91. The molecule has 1 heterocycles. The summed E-state index contributed by atoms with van der Waals surface area (Å²) in [7, 11) is 0. The van der Waals surface area contributed by atoms with Crippen LogP contribution in [-0.2, 0) is 0 Å². The SMILES string of the molecule is N[C@H]1CCCC[C@@H]1N=C(Nc1cccc(F)c1)N1CCN(C2CCCCC2)CC1. The molecule has 5 nitrogen and oxygen atoms in total. The third-order valence-corrected chi connectivity index (χ3v) is 6.86. The Kier molecular flexibility index (Phi) is 7.03. The Morgan fingerprint density at radius 2 is 1.69 bits per heavy atom. The van der Waals surface area contributed by atoms with Crippen LogP contribution in [0.2, 0.25) is 0 Å². The fourth-order valence-corrected chi connectivity index (χ4v) is 5.09. The van der Waals surface area contributed by atoms with Crippen molar-refractivity contribution in [1.29, 1.82) is 0 Å². The maximum absolute atomic E-state index is 13.7. The van der Waals surface area contributed by atoms with E-state index in [-0.39, 0.29) is 17.9 Å². The molecule has 1 aromatic carbocycles. The number of anilines is 1. The van der Waals surface area contributed by atoms with Crippen LogP contribution in [0.4, 0.5) is 10.1 Å². The van der Waals surface area contributed by atoms with Crippen molar-refractivity contribution in [1.82, 2.24) is 9.80 Å². The first-order valence-electron chi connectivity index (χ1n) is 11.5. The lowest BCUT2D eigenvalue weighted by molar-refractivity contribution is 0.107. The summed E-state index contributed by atoms with van der Waals surface area (Å²) in [5.41, 5.74) is 7.12. The van der Waals surface area contributed by atoms with Crippen LogP contribution >= 0.6 is 0 Å². The molecule has 1 aliphatic heterocycles. The molecule has 0 radical (unpaired) electrons. The summed E-state index contributed by atoms with van der Waals surface area (Å²) in [4.78, 5) is 10.1. The molecule has 0 bridgehead atoms. The van der Waals surface area contributed by atoms with Crippen LogP contribution in [0.3, 0.4) is 0 Å². The largest absolute Gasteiger partial charge is 0.340 e. The number of nitrogens with one attached hydrogen (secondary N) is 1. The Bertz CT molecular complexity index is 680. The zero-order valence-corrected chi connectivity index (χ0v) is 17.5. The molecule has 0 aromatic heterocycles. The topological polar surface area (TPSA) is 56.9 Å². The normalized spacial score (nSPS) is 27.8. The second-order valence-corrected chi connectivity index (χ2v) is 8.92. The number of nitrogens with two attached hydrogens (primary N) is 1. The molecule has 4 rings (SSSR count). The maximum Gasteiger partial charge on any atom is 0.198 e. The number of aliphatic imine (C=N–C) groups is 1. The Morgan fingerprint density at radius 3 is 2.41 bits per heavy atom. The van der Waals surface area contributed by atoms with Gasteiger partial charge in [0.1, 0.15) is 5.82 Å². The Morgan fingerprint density at radius 1 is 0.966 bits per heavy atom. The minimum atomic E-state index is -0.231. The van der Waals surface area contributed by atoms with Crippen LogP contribution in [0, 0.1) is 5.82 Å². The van der Waals surface area contributed by atoms with Crippen LogP contribution in [0.25, 0.3) is 0 Å². The van der Waals surface area contributed by atoms with Gasteiger partial charge in [-0.05, 0) is 43.9 Å². The van der Waals surface area contributed by atoms with E-state index in [4.69, 9.17) is 10.7 Å². The molecule has 2 saturated carbocycles. The van der Waals surface area contributed by atoms with Crippen LogP contribution in [0.15, 0.2) is 29.3 Å². The van der Waals surface area contributed by atoms with Gasteiger partial charge >= 0.3 is 0 Å². The fraction of sp³-hybridized carbons (Fsp3) is 0.696. The van der Waals surface area contributed by atoms with Crippen molar-refractivity contribution in [3.05, 3.63) is 30.1 Å². The molecule has 0 amide bonds. The average molecular weight is 402 g/mol.